The van der Waals surface area contributed by atoms with Crippen molar-refractivity contribution in [1.82, 2.24) is 20.2 Å². The number of urea groups is 1. The number of benzene rings is 1. The van der Waals surface area contributed by atoms with Crippen molar-refractivity contribution < 1.29 is 27.5 Å². The fourth-order valence-corrected chi connectivity index (χ4v) is 3.21. The van der Waals surface area contributed by atoms with E-state index in [1.54, 1.807) is 0 Å². The zero-order valence-electron chi connectivity index (χ0n) is 16.4. The Morgan fingerprint density at radius 1 is 1.39 bits per heavy atom. The Kier molecular flexibility index (Phi) is 6.85. The number of alkyl halides is 3. The van der Waals surface area contributed by atoms with Crippen molar-refractivity contribution in [1.29, 1.82) is 0 Å². The van der Waals surface area contributed by atoms with Gasteiger partial charge in [-0.15, -0.1) is 0 Å². The number of aliphatic hydroxyl groups is 1. The van der Waals surface area contributed by atoms with E-state index in [4.69, 9.17) is 11.6 Å². The third-order valence-electron chi connectivity index (χ3n) is 4.90. The summed E-state index contributed by atoms with van der Waals surface area (Å²) in [6, 6.07) is 0.694. The van der Waals surface area contributed by atoms with Crippen LogP contribution in [0.25, 0.3) is 0 Å². The summed E-state index contributed by atoms with van der Waals surface area (Å²) in [5.74, 6) is -0.801. The smallest absolute Gasteiger partial charge is 0.394 e. The fourth-order valence-electron chi connectivity index (χ4n) is 3.03. The molecule has 1 aromatic heterocycles. The minimum absolute atomic E-state index is 0.0566. The molecule has 0 fully saturated rings. The molecule has 2 aromatic rings. The highest BCUT2D eigenvalue weighted by Gasteiger charge is 2.36. The first-order valence-corrected chi connectivity index (χ1v) is 9.75. The molecule has 2 amide bonds. The normalized spacial score (nSPS) is 15.8. The maximum atomic E-state index is 13.4. The van der Waals surface area contributed by atoms with E-state index in [1.165, 1.54) is 23.2 Å². The largest absolute Gasteiger partial charge is 0.408 e. The summed E-state index contributed by atoms with van der Waals surface area (Å²) in [4.78, 5) is 22.1. The molecule has 1 aliphatic heterocycles. The summed E-state index contributed by atoms with van der Waals surface area (Å²) >= 11 is 5.76. The van der Waals surface area contributed by atoms with Gasteiger partial charge in [0.2, 0.25) is 5.95 Å². The molecule has 168 valence electrons. The average molecular weight is 462 g/mol. The van der Waals surface area contributed by atoms with Crippen LogP contribution in [0, 0.1) is 5.82 Å². The van der Waals surface area contributed by atoms with E-state index in [9.17, 15) is 27.5 Å². The van der Waals surface area contributed by atoms with Crippen molar-refractivity contribution >= 4 is 23.6 Å². The van der Waals surface area contributed by atoms with Gasteiger partial charge in [-0.25, -0.2) is 19.2 Å². The molecule has 31 heavy (non-hydrogen) atoms. The number of nitrogens with zero attached hydrogens (tertiary/aromatic N) is 3. The highest BCUT2D eigenvalue weighted by Crippen LogP contribution is 2.24. The van der Waals surface area contributed by atoms with Crippen molar-refractivity contribution in [3.63, 3.8) is 0 Å². The summed E-state index contributed by atoms with van der Waals surface area (Å²) < 4.78 is 51.6. The van der Waals surface area contributed by atoms with Crippen molar-refractivity contribution in [2.24, 2.45) is 0 Å². The van der Waals surface area contributed by atoms with Crippen LogP contribution in [0.4, 0.5) is 28.3 Å². The Hall–Kier alpha value is -2.66. The first-order chi connectivity index (χ1) is 14.6. The van der Waals surface area contributed by atoms with Gasteiger partial charge in [-0.2, -0.15) is 13.2 Å². The second kappa shape index (κ2) is 9.23. The first-order valence-electron chi connectivity index (χ1n) is 9.37. The molecular formula is C19H20ClF4N5O2. The number of hydrogen-bond donors (Lipinski definition) is 3. The van der Waals surface area contributed by atoms with Crippen molar-refractivity contribution in [2.45, 2.75) is 38.1 Å². The van der Waals surface area contributed by atoms with Gasteiger partial charge in [-0.3, -0.25) is 0 Å². The number of aliphatic hydroxyl groups excluding tert-OH is 1. The van der Waals surface area contributed by atoms with Gasteiger partial charge in [0, 0.05) is 12.7 Å². The molecule has 0 saturated carbocycles. The molecule has 0 spiro atoms. The number of nitrogens with one attached hydrogen (secondary N) is 2. The van der Waals surface area contributed by atoms with Crippen LogP contribution in [0.5, 0.6) is 0 Å². The second-order valence-corrected chi connectivity index (χ2v) is 7.51. The molecule has 12 heteroatoms. The highest BCUT2D eigenvalue weighted by molar-refractivity contribution is 6.30. The van der Waals surface area contributed by atoms with Crippen LogP contribution in [0.15, 0.2) is 24.4 Å². The SMILES string of the molecule is CC(Nc1ncc2c(n1)CN(C(=O)N[C@H](CO)c1ccc(F)c(Cl)c1)CC2)C(F)(F)F. The summed E-state index contributed by atoms with van der Waals surface area (Å²) in [5, 5.41) is 14.4. The van der Waals surface area contributed by atoms with E-state index in [1.807, 2.05) is 0 Å². The van der Waals surface area contributed by atoms with Crippen LogP contribution >= 0.6 is 11.6 Å². The molecule has 7 nitrogen and oxygen atoms in total. The lowest BCUT2D eigenvalue weighted by Gasteiger charge is -2.30. The van der Waals surface area contributed by atoms with Crippen LogP contribution in [0.3, 0.4) is 0 Å². The molecule has 3 rings (SSSR count). The van der Waals surface area contributed by atoms with E-state index in [0.717, 1.165) is 18.6 Å². The van der Waals surface area contributed by atoms with Crippen molar-refractivity contribution in [3.8, 4) is 0 Å². The van der Waals surface area contributed by atoms with Crippen LogP contribution in [0.2, 0.25) is 5.02 Å². The highest BCUT2D eigenvalue weighted by atomic mass is 35.5. The molecule has 1 unspecified atom stereocenters. The summed E-state index contributed by atoms with van der Waals surface area (Å²) in [5.41, 5.74) is 1.59. The molecule has 0 saturated heterocycles. The second-order valence-electron chi connectivity index (χ2n) is 7.10. The number of anilines is 1. The molecule has 0 radical (unpaired) electrons. The first kappa shape index (κ1) is 23.0. The summed E-state index contributed by atoms with van der Waals surface area (Å²) in [6.07, 6.45) is -2.59. The molecule has 3 N–H and O–H groups in total. The Balaban J connectivity index is 1.69. The number of fused-ring (bicyclic) bond motifs is 1. The van der Waals surface area contributed by atoms with Gasteiger partial charge in [-0.1, -0.05) is 17.7 Å². The Labute approximate surface area is 180 Å². The number of aromatic nitrogens is 2. The number of carbonyl (C=O) groups is 1. The van der Waals surface area contributed by atoms with Gasteiger partial charge in [0.25, 0.3) is 0 Å². The minimum atomic E-state index is -4.45. The average Bonchev–Trinajstić information content (AvgIpc) is 2.72. The molecule has 2 atom stereocenters. The van der Waals surface area contributed by atoms with Crippen LogP contribution < -0.4 is 10.6 Å². The van der Waals surface area contributed by atoms with Gasteiger partial charge in [-0.05, 0) is 36.6 Å². The molecule has 2 heterocycles. The topological polar surface area (TPSA) is 90.4 Å². The minimum Gasteiger partial charge on any atom is -0.394 e. The number of hydrogen-bond acceptors (Lipinski definition) is 5. The van der Waals surface area contributed by atoms with Gasteiger partial charge in [0.1, 0.15) is 11.9 Å². The Bertz CT molecular complexity index is 959. The van der Waals surface area contributed by atoms with Gasteiger partial charge in [0.05, 0.1) is 29.9 Å². The number of carbonyl (C=O) groups excluding carboxylic acids is 1. The molecule has 1 aromatic carbocycles. The Morgan fingerprint density at radius 2 is 2.13 bits per heavy atom. The maximum absolute atomic E-state index is 13.4. The molecule has 0 aliphatic carbocycles. The number of halogens is 5. The zero-order valence-corrected chi connectivity index (χ0v) is 17.1. The quantitative estimate of drug-likeness (QED) is 0.593. The maximum Gasteiger partial charge on any atom is 0.408 e. The van der Waals surface area contributed by atoms with Crippen molar-refractivity contribution in [2.75, 3.05) is 18.5 Å². The molecule has 1 aliphatic rings. The molecule has 0 bridgehead atoms. The standard InChI is InChI=1S/C19H20ClF4N5O2/c1-10(19(22,23)24)26-17-25-7-12-4-5-29(8-15(12)27-17)18(31)28-16(9-30)11-2-3-14(21)13(20)6-11/h2-3,6-7,10,16,30H,4-5,8-9H2,1H3,(H,28,31)(H,25,26,27)/t10?,16-/m1/s1. The van der Waals surface area contributed by atoms with E-state index < -0.39 is 36.7 Å². The van der Waals surface area contributed by atoms with E-state index in [0.29, 0.717) is 24.2 Å². The van der Waals surface area contributed by atoms with Gasteiger partial charge < -0.3 is 20.6 Å². The van der Waals surface area contributed by atoms with Crippen LogP contribution in [-0.4, -0.2) is 51.4 Å². The summed E-state index contributed by atoms with van der Waals surface area (Å²) in [7, 11) is 0. The number of amides is 2. The van der Waals surface area contributed by atoms with E-state index >= 15 is 0 Å². The molecular weight excluding hydrogens is 442 g/mol. The van der Waals surface area contributed by atoms with Crippen LogP contribution in [-0.2, 0) is 13.0 Å². The number of rotatable bonds is 5. The third kappa shape index (κ3) is 5.53. The lowest BCUT2D eigenvalue weighted by atomic mass is 10.1. The Morgan fingerprint density at radius 3 is 2.77 bits per heavy atom. The zero-order chi connectivity index (χ0) is 22.8. The third-order valence-corrected chi connectivity index (χ3v) is 5.19. The lowest BCUT2D eigenvalue weighted by molar-refractivity contribution is -0.138. The fraction of sp³-hybridized carbons (Fsp3) is 0.421. The van der Waals surface area contributed by atoms with Crippen LogP contribution in [0.1, 0.15) is 29.8 Å². The van der Waals surface area contributed by atoms with Gasteiger partial charge >= 0.3 is 12.2 Å². The predicted molar refractivity (Wildman–Crippen MR) is 105 cm³/mol. The summed E-state index contributed by atoms with van der Waals surface area (Å²) in [6.45, 7) is 0.903. The lowest BCUT2D eigenvalue weighted by Crippen LogP contribution is -2.45. The van der Waals surface area contributed by atoms with Crippen molar-refractivity contribution in [3.05, 3.63) is 52.1 Å². The monoisotopic (exact) mass is 461 g/mol. The van der Waals surface area contributed by atoms with E-state index in [2.05, 4.69) is 20.6 Å². The van der Waals surface area contributed by atoms with Gasteiger partial charge in [0.15, 0.2) is 0 Å². The predicted octanol–water partition coefficient (Wildman–Crippen LogP) is 3.43. The van der Waals surface area contributed by atoms with E-state index in [-0.39, 0.29) is 17.5 Å².